The number of carbonyl (C=O) groups excluding carboxylic acids is 5. The Hall–Kier alpha value is -4.86. The van der Waals surface area contributed by atoms with Crippen molar-refractivity contribution in [1.29, 1.82) is 0 Å². The lowest BCUT2D eigenvalue weighted by Crippen LogP contribution is -2.59. The topological polar surface area (TPSA) is 261 Å². The summed E-state index contributed by atoms with van der Waals surface area (Å²) in [5.41, 5.74) is 17.7. The molecule has 54 heavy (non-hydrogen) atoms. The molecule has 2 aromatic carbocycles. The summed E-state index contributed by atoms with van der Waals surface area (Å²) in [5, 5.41) is 25.1. The second kappa shape index (κ2) is 23.7. The van der Waals surface area contributed by atoms with Gasteiger partial charge in [-0.05, 0) is 93.6 Å². The van der Waals surface area contributed by atoms with E-state index in [0.717, 1.165) is 10.8 Å². The molecule has 6 atom stereocenters. The molecule has 12 N–H and O–H groups in total. The van der Waals surface area contributed by atoms with Crippen LogP contribution >= 0.6 is 0 Å². The van der Waals surface area contributed by atoms with Crippen molar-refractivity contribution >= 4 is 46.3 Å². The Kier molecular flexibility index (Phi) is 19.9. The van der Waals surface area contributed by atoms with Gasteiger partial charge in [0.05, 0.1) is 6.04 Å². The van der Waals surface area contributed by atoms with Gasteiger partial charge in [0.1, 0.15) is 30.2 Å². The molecule has 0 radical (unpaired) electrons. The number of carboxylic acids is 1. The molecule has 5 amide bonds. The number of carboxylic acid groups (broad SMARTS) is 1. The summed E-state index contributed by atoms with van der Waals surface area (Å²) in [7, 11) is 0. The maximum absolute atomic E-state index is 13.9. The van der Waals surface area contributed by atoms with Crippen molar-refractivity contribution < 1.29 is 33.9 Å². The summed E-state index contributed by atoms with van der Waals surface area (Å²) in [6.07, 6.45) is 4.27. The number of carbonyl (C=O) groups is 6. The Morgan fingerprint density at radius 2 is 1.15 bits per heavy atom. The highest BCUT2D eigenvalue weighted by atomic mass is 16.4. The Morgan fingerprint density at radius 1 is 0.667 bits per heavy atom. The van der Waals surface area contributed by atoms with E-state index in [4.69, 9.17) is 17.2 Å². The van der Waals surface area contributed by atoms with Gasteiger partial charge in [0.15, 0.2) is 0 Å². The van der Waals surface area contributed by atoms with Crippen molar-refractivity contribution in [2.45, 2.75) is 115 Å². The molecule has 0 fully saturated rings. The standard InChI is InChI=1S/C39H60N8O7/c1-5-12-29(44-37(51)31(16-9-11-20-41)45-36(50)30(15-8-10-19-40)43-34(48)25(4)42)35(49)46-32(38(52)47-33(39(53)54)21-24(2)3)23-26-17-18-27-13-6-7-14-28(27)22-26/h5-7,13-14,17-18,22,24-25,29-33H,1,8-12,15-16,19-21,23,40-42H2,2-4H3,(H,43,48)(H,44,51)(H,45,50)(H,46,49)(H,47,52)(H,53,54)/t25-,29-,30-,31-,32-,33-/m0/s1. The lowest BCUT2D eigenvalue weighted by Gasteiger charge is -2.27. The first-order valence-corrected chi connectivity index (χ1v) is 18.7. The molecule has 0 aromatic heterocycles. The van der Waals surface area contributed by atoms with Crippen molar-refractivity contribution in [2.75, 3.05) is 13.1 Å². The molecule has 0 aliphatic heterocycles. The summed E-state index contributed by atoms with van der Waals surface area (Å²) in [6, 6.07) is 6.72. The van der Waals surface area contributed by atoms with Crippen molar-refractivity contribution in [3.63, 3.8) is 0 Å². The van der Waals surface area contributed by atoms with Crippen LogP contribution in [0.5, 0.6) is 0 Å². The number of rotatable bonds is 25. The number of nitrogens with two attached hydrogens (primary N) is 3. The molecule has 15 heteroatoms. The van der Waals surface area contributed by atoms with Crippen molar-refractivity contribution in [2.24, 2.45) is 23.1 Å². The van der Waals surface area contributed by atoms with Crippen LogP contribution in [-0.4, -0.2) is 90.0 Å². The molecule has 0 aliphatic rings. The second-order valence-electron chi connectivity index (χ2n) is 14.0. The largest absolute Gasteiger partial charge is 0.480 e. The van der Waals surface area contributed by atoms with E-state index in [2.05, 4.69) is 33.2 Å². The molecule has 0 saturated heterocycles. The van der Waals surface area contributed by atoms with E-state index in [0.29, 0.717) is 44.3 Å². The average Bonchev–Trinajstić information content (AvgIpc) is 3.12. The maximum atomic E-state index is 13.9. The minimum absolute atomic E-state index is 0.0252. The number of fused-ring (bicyclic) bond motifs is 1. The highest BCUT2D eigenvalue weighted by Crippen LogP contribution is 2.17. The quantitative estimate of drug-likeness (QED) is 0.0516. The van der Waals surface area contributed by atoms with Crippen LogP contribution in [0.4, 0.5) is 0 Å². The fraction of sp³-hybridized carbons (Fsp3) is 0.538. The van der Waals surface area contributed by atoms with Gasteiger partial charge in [0.2, 0.25) is 29.5 Å². The first kappa shape index (κ1) is 45.3. The predicted molar refractivity (Wildman–Crippen MR) is 209 cm³/mol. The molecule has 2 rings (SSSR count). The number of hydrogen-bond acceptors (Lipinski definition) is 9. The second-order valence-corrected chi connectivity index (χ2v) is 14.0. The molecule has 0 aliphatic carbocycles. The first-order valence-electron chi connectivity index (χ1n) is 18.7. The van der Waals surface area contributed by atoms with Crippen LogP contribution in [0.25, 0.3) is 10.8 Å². The number of benzene rings is 2. The molecule has 2 aromatic rings. The normalized spacial score (nSPS) is 14.5. The minimum Gasteiger partial charge on any atom is -0.480 e. The Bertz CT molecular complexity index is 1570. The molecule has 15 nitrogen and oxygen atoms in total. The highest BCUT2D eigenvalue weighted by Gasteiger charge is 2.32. The summed E-state index contributed by atoms with van der Waals surface area (Å²) in [4.78, 5) is 79.3. The van der Waals surface area contributed by atoms with Gasteiger partial charge in [-0.2, -0.15) is 0 Å². The Labute approximate surface area is 318 Å². The van der Waals surface area contributed by atoms with Crippen LogP contribution in [0.1, 0.15) is 77.7 Å². The molecule has 0 saturated carbocycles. The van der Waals surface area contributed by atoms with Crippen LogP contribution in [0.15, 0.2) is 55.1 Å². The molecular weight excluding hydrogens is 692 g/mol. The first-order chi connectivity index (χ1) is 25.7. The monoisotopic (exact) mass is 752 g/mol. The van der Waals surface area contributed by atoms with Crippen LogP contribution < -0.4 is 43.8 Å². The predicted octanol–water partition coefficient (Wildman–Crippen LogP) is 1.12. The Morgan fingerprint density at radius 3 is 1.67 bits per heavy atom. The van der Waals surface area contributed by atoms with E-state index in [1.54, 1.807) is 0 Å². The van der Waals surface area contributed by atoms with E-state index in [-0.39, 0.29) is 38.0 Å². The summed E-state index contributed by atoms with van der Waals surface area (Å²) < 4.78 is 0. The SMILES string of the molecule is C=CC[C@H](NC(=O)[C@H](CCCCN)NC(=O)[C@H](CCCCN)NC(=O)[C@H](C)N)C(=O)N[C@@H](Cc1ccc2ccccc2c1)C(=O)N[C@@H](CC(C)C)C(=O)O. The number of nitrogens with one attached hydrogen (secondary N) is 5. The number of aliphatic carboxylic acids is 1. The fourth-order valence-electron chi connectivity index (χ4n) is 5.82. The average molecular weight is 753 g/mol. The van der Waals surface area contributed by atoms with E-state index in [1.807, 2.05) is 56.3 Å². The van der Waals surface area contributed by atoms with Crippen LogP contribution in [0.2, 0.25) is 0 Å². The van der Waals surface area contributed by atoms with Gasteiger partial charge in [-0.1, -0.05) is 62.4 Å². The Balaban J connectivity index is 2.36. The number of unbranched alkanes of at least 4 members (excludes halogenated alkanes) is 2. The van der Waals surface area contributed by atoms with E-state index >= 15 is 0 Å². The van der Waals surface area contributed by atoms with E-state index in [9.17, 15) is 33.9 Å². The lowest BCUT2D eigenvalue weighted by atomic mass is 9.99. The third-order valence-electron chi connectivity index (χ3n) is 8.82. The van der Waals surface area contributed by atoms with E-state index in [1.165, 1.54) is 13.0 Å². The molecule has 0 spiro atoms. The zero-order chi connectivity index (χ0) is 40.2. The van der Waals surface area contributed by atoms with Crippen molar-refractivity contribution in [3.8, 4) is 0 Å². The summed E-state index contributed by atoms with van der Waals surface area (Å²) >= 11 is 0. The lowest BCUT2D eigenvalue weighted by molar-refractivity contribution is -0.142. The summed E-state index contributed by atoms with van der Waals surface area (Å²) in [6.45, 7) is 9.64. The maximum Gasteiger partial charge on any atom is 0.326 e. The highest BCUT2D eigenvalue weighted by molar-refractivity contribution is 5.96. The molecule has 0 bridgehead atoms. The van der Waals surface area contributed by atoms with Crippen molar-refractivity contribution in [3.05, 3.63) is 60.7 Å². The van der Waals surface area contributed by atoms with Crippen LogP contribution in [0.3, 0.4) is 0 Å². The van der Waals surface area contributed by atoms with Crippen LogP contribution in [-0.2, 0) is 35.2 Å². The minimum atomic E-state index is -1.21. The molecular formula is C39H60N8O7. The van der Waals surface area contributed by atoms with Crippen molar-refractivity contribution in [1.82, 2.24) is 26.6 Å². The third-order valence-corrected chi connectivity index (χ3v) is 8.82. The zero-order valence-corrected chi connectivity index (χ0v) is 31.8. The van der Waals surface area contributed by atoms with Gasteiger partial charge in [0.25, 0.3) is 0 Å². The van der Waals surface area contributed by atoms with Gasteiger partial charge in [-0.3, -0.25) is 24.0 Å². The smallest absolute Gasteiger partial charge is 0.326 e. The van der Waals surface area contributed by atoms with Crippen LogP contribution in [0, 0.1) is 5.92 Å². The fourth-order valence-corrected chi connectivity index (χ4v) is 5.82. The van der Waals surface area contributed by atoms with E-state index < -0.39 is 71.8 Å². The number of amides is 5. The van der Waals surface area contributed by atoms with Gasteiger partial charge in [-0.15, -0.1) is 6.58 Å². The summed E-state index contributed by atoms with van der Waals surface area (Å²) in [5.74, 6) is -4.44. The van der Waals surface area contributed by atoms with Gasteiger partial charge in [0, 0.05) is 6.42 Å². The number of hydrogen-bond donors (Lipinski definition) is 9. The third kappa shape index (κ3) is 15.6. The molecule has 0 heterocycles. The van der Waals surface area contributed by atoms with Gasteiger partial charge < -0.3 is 48.9 Å². The molecule has 0 unspecified atom stereocenters. The van der Waals surface area contributed by atoms with Gasteiger partial charge in [-0.25, -0.2) is 4.79 Å². The van der Waals surface area contributed by atoms with Gasteiger partial charge >= 0.3 is 5.97 Å². The zero-order valence-electron chi connectivity index (χ0n) is 31.8. The molecule has 298 valence electrons.